The molecule has 0 fully saturated rings. The molecule has 0 aliphatic carbocycles. The van der Waals surface area contributed by atoms with E-state index in [1.165, 1.54) is 0 Å². The van der Waals surface area contributed by atoms with Crippen molar-refractivity contribution in [1.29, 1.82) is 5.26 Å². The fraction of sp³-hybridized carbons (Fsp3) is 0.105. The number of nitriles is 1. The van der Waals surface area contributed by atoms with Gasteiger partial charge in [-0.25, -0.2) is 9.67 Å². The van der Waals surface area contributed by atoms with Gasteiger partial charge < -0.3 is 4.57 Å². The van der Waals surface area contributed by atoms with Crippen LogP contribution in [-0.2, 0) is 7.05 Å². The zero-order chi connectivity index (χ0) is 16.7. The average molecular weight is 313 g/mol. The molecule has 0 amide bonds. The summed E-state index contributed by atoms with van der Waals surface area (Å²) < 4.78 is 3.82. The van der Waals surface area contributed by atoms with Gasteiger partial charge in [0.25, 0.3) is 0 Å². The van der Waals surface area contributed by atoms with Gasteiger partial charge in [0.05, 0.1) is 23.5 Å². The van der Waals surface area contributed by atoms with Gasteiger partial charge in [-0.3, -0.25) is 0 Å². The summed E-state index contributed by atoms with van der Waals surface area (Å²) >= 11 is 0. The Hall–Kier alpha value is -3.39. The molecule has 0 atom stereocenters. The first-order valence-corrected chi connectivity index (χ1v) is 7.63. The van der Waals surface area contributed by atoms with Crippen LogP contribution in [-0.4, -0.2) is 19.3 Å². The average Bonchev–Trinajstić information content (AvgIpc) is 3.23. The van der Waals surface area contributed by atoms with Crippen LogP contribution in [0.5, 0.6) is 0 Å². The van der Waals surface area contributed by atoms with Gasteiger partial charge in [0.2, 0.25) is 0 Å². The van der Waals surface area contributed by atoms with Crippen molar-refractivity contribution in [3.05, 3.63) is 66.2 Å². The van der Waals surface area contributed by atoms with Crippen LogP contribution in [0.3, 0.4) is 0 Å². The maximum atomic E-state index is 9.11. The lowest BCUT2D eigenvalue weighted by Gasteiger charge is -2.06. The summed E-state index contributed by atoms with van der Waals surface area (Å²) in [4.78, 5) is 4.43. The third-order valence-electron chi connectivity index (χ3n) is 4.25. The normalized spacial score (nSPS) is 10.9. The summed E-state index contributed by atoms with van der Waals surface area (Å²) in [5, 5.41) is 14.7. The summed E-state index contributed by atoms with van der Waals surface area (Å²) in [5.74, 6) is 0. The Balaban J connectivity index is 1.85. The van der Waals surface area contributed by atoms with Crippen molar-refractivity contribution in [3.63, 3.8) is 0 Å². The molecule has 1 aromatic carbocycles. The Morgan fingerprint density at radius 3 is 2.88 bits per heavy atom. The number of pyridine rings is 1. The van der Waals surface area contributed by atoms with Gasteiger partial charge in [0.15, 0.2) is 0 Å². The SMILES string of the molecule is Cc1ccc(C#N)cc1-n1cc(-c2ccnc3c2ccn3C)cn1. The van der Waals surface area contributed by atoms with Gasteiger partial charge in [-0.15, -0.1) is 0 Å². The summed E-state index contributed by atoms with van der Waals surface area (Å²) in [6.45, 7) is 2.01. The molecule has 0 unspecified atom stereocenters. The summed E-state index contributed by atoms with van der Waals surface area (Å²) in [7, 11) is 1.99. The van der Waals surface area contributed by atoms with E-state index >= 15 is 0 Å². The summed E-state index contributed by atoms with van der Waals surface area (Å²) in [5.41, 5.74) is 5.68. The van der Waals surface area contributed by atoms with E-state index in [0.717, 1.165) is 33.4 Å². The Kier molecular flexibility index (Phi) is 3.17. The molecule has 0 spiro atoms. The first-order valence-electron chi connectivity index (χ1n) is 7.63. The minimum atomic E-state index is 0.627. The van der Waals surface area contributed by atoms with Gasteiger partial charge in [0, 0.05) is 36.6 Å². The topological polar surface area (TPSA) is 59.4 Å². The van der Waals surface area contributed by atoms with E-state index in [2.05, 4.69) is 22.2 Å². The smallest absolute Gasteiger partial charge is 0.140 e. The van der Waals surface area contributed by atoms with Crippen LogP contribution >= 0.6 is 0 Å². The number of benzene rings is 1. The van der Waals surface area contributed by atoms with E-state index in [0.29, 0.717) is 5.56 Å². The minimum absolute atomic E-state index is 0.627. The second-order valence-corrected chi connectivity index (χ2v) is 5.81. The highest BCUT2D eigenvalue weighted by Gasteiger charge is 2.11. The zero-order valence-corrected chi connectivity index (χ0v) is 13.4. The molecule has 0 aliphatic heterocycles. The molecule has 0 bridgehead atoms. The van der Waals surface area contributed by atoms with Crippen LogP contribution in [0.2, 0.25) is 0 Å². The van der Waals surface area contributed by atoms with Crippen molar-refractivity contribution in [1.82, 2.24) is 19.3 Å². The van der Waals surface area contributed by atoms with Gasteiger partial charge in [-0.2, -0.15) is 10.4 Å². The van der Waals surface area contributed by atoms with Crippen LogP contribution in [0, 0.1) is 18.3 Å². The molecule has 0 saturated carbocycles. The molecule has 0 radical (unpaired) electrons. The fourth-order valence-corrected chi connectivity index (χ4v) is 2.94. The molecule has 4 rings (SSSR count). The Morgan fingerprint density at radius 2 is 2.04 bits per heavy atom. The number of rotatable bonds is 2. The second kappa shape index (κ2) is 5.36. The predicted molar refractivity (Wildman–Crippen MR) is 92.7 cm³/mol. The van der Waals surface area contributed by atoms with E-state index in [9.17, 15) is 0 Å². The van der Waals surface area contributed by atoms with E-state index in [-0.39, 0.29) is 0 Å². The predicted octanol–water partition coefficient (Wildman–Crippen LogP) is 3.61. The molecular weight excluding hydrogens is 298 g/mol. The Bertz CT molecular complexity index is 1090. The van der Waals surface area contributed by atoms with Crippen LogP contribution in [0.1, 0.15) is 11.1 Å². The Morgan fingerprint density at radius 1 is 1.17 bits per heavy atom. The number of hydrogen-bond donors (Lipinski definition) is 0. The molecule has 0 saturated heterocycles. The van der Waals surface area contributed by atoms with Crippen molar-refractivity contribution >= 4 is 11.0 Å². The van der Waals surface area contributed by atoms with Gasteiger partial charge in [-0.1, -0.05) is 6.07 Å². The first kappa shape index (κ1) is 14.2. The Labute approximate surface area is 139 Å². The summed E-state index contributed by atoms with van der Waals surface area (Å²) in [6, 6.07) is 11.9. The number of aromatic nitrogens is 4. The molecule has 0 N–H and O–H groups in total. The molecule has 0 aliphatic rings. The molecule has 116 valence electrons. The maximum absolute atomic E-state index is 9.11. The quantitative estimate of drug-likeness (QED) is 0.568. The zero-order valence-electron chi connectivity index (χ0n) is 13.4. The highest BCUT2D eigenvalue weighted by Crippen LogP contribution is 2.28. The maximum Gasteiger partial charge on any atom is 0.140 e. The fourth-order valence-electron chi connectivity index (χ4n) is 2.94. The van der Waals surface area contributed by atoms with Crippen molar-refractivity contribution < 1.29 is 0 Å². The number of nitrogens with zero attached hydrogens (tertiary/aromatic N) is 5. The lowest BCUT2D eigenvalue weighted by atomic mass is 10.1. The monoisotopic (exact) mass is 313 g/mol. The van der Waals surface area contributed by atoms with Crippen molar-refractivity contribution in [2.45, 2.75) is 6.92 Å². The molecule has 5 nitrogen and oxygen atoms in total. The summed E-state index contributed by atoms with van der Waals surface area (Å²) in [6.07, 6.45) is 7.66. The molecule has 4 aromatic rings. The second-order valence-electron chi connectivity index (χ2n) is 5.81. The molecular formula is C19H15N5. The molecule has 3 heterocycles. The van der Waals surface area contributed by atoms with Crippen molar-refractivity contribution in [2.24, 2.45) is 7.05 Å². The molecule has 5 heteroatoms. The number of hydrogen-bond acceptors (Lipinski definition) is 3. The third kappa shape index (κ3) is 2.17. The highest BCUT2D eigenvalue weighted by atomic mass is 15.3. The van der Waals surface area contributed by atoms with Gasteiger partial charge >= 0.3 is 0 Å². The van der Waals surface area contributed by atoms with Crippen molar-refractivity contribution in [3.8, 4) is 22.9 Å². The third-order valence-corrected chi connectivity index (χ3v) is 4.25. The highest BCUT2D eigenvalue weighted by molar-refractivity contribution is 5.92. The van der Waals surface area contributed by atoms with Gasteiger partial charge in [0.1, 0.15) is 5.65 Å². The van der Waals surface area contributed by atoms with E-state index in [4.69, 9.17) is 5.26 Å². The standard InChI is InChI=1S/C19H15N5/c1-13-3-4-14(10-20)9-18(13)24-12-15(11-22-24)16-5-7-21-19-17(16)6-8-23(19)2/h3-9,11-12H,1-2H3. The van der Waals surface area contributed by atoms with Crippen LogP contribution in [0.15, 0.2) is 55.1 Å². The van der Waals surface area contributed by atoms with Crippen LogP contribution in [0.25, 0.3) is 27.8 Å². The van der Waals surface area contributed by atoms with E-state index in [1.54, 1.807) is 0 Å². The largest absolute Gasteiger partial charge is 0.336 e. The molecule has 3 aromatic heterocycles. The first-order chi connectivity index (χ1) is 11.7. The number of fused-ring (bicyclic) bond motifs is 1. The van der Waals surface area contributed by atoms with Gasteiger partial charge in [-0.05, 0) is 42.3 Å². The van der Waals surface area contributed by atoms with Crippen molar-refractivity contribution in [2.75, 3.05) is 0 Å². The van der Waals surface area contributed by atoms with Crippen LogP contribution < -0.4 is 0 Å². The van der Waals surface area contributed by atoms with Crippen LogP contribution in [0.4, 0.5) is 0 Å². The minimum Gasteiger partial charge on any atom is -0.336 e. The molecule has 24 heavy (non-hydrogen) atoms. The lowest BCUT2D eigenvalue weighted by molar-refractivity contribution is 0.872. The van der Waals surface area contributed by atoms with E-state index in [1.807, 2.05) is 72.3 Å². The number of aryl methyl sites for hydroxylation is 2. The van der Waals surface area contributed by atoms with E-state index < -0.39 is 0 Å². The lowest BCUT2D eigenvalue weighted by Crippen LogP contribution is -1.97.